The third-order valence-electron chi connectivity index (χ3n) is 4.50. The van der Waals surface area contributed by atoms with Crippen molar-refractivity contribution in [1.29, 1.82) is 0 Å². The number of nitrogens with zero attached hydrogens (tertiary/aromatic N) is 3. The van der Waals surface area contributed by atoms with E-state index in [1.54, 1.807) is 17.2 Å². The summed E-state index contributed by atoms with van der Waals surface area (Å²) < 4.78 is 0.993. The van der Waals surface area contributed by atoms with Crippen molar-refractivity contribution >= 4 is 50.3 Å². The zero-order valence-corrected chi connectivity index (χ0v) is 17.3. The molecule has 0 aliphatic heterocycles. The standard InChI is InChI=1S/C23H18ClN3OS/c1-16-19(24)11-12-20-22(16)26-23(29-20)27(15-18-9-5-6-14-25-18)21(28)13-10-17-7-3-2-4-8-17/h2-14H,15H2,1H3/b13-10+. The Labute approximate surface area is 178 Å². The van der Waals surface area contributed by atoms with Crippen LogP contribution >= 0.6 is 22.9 Å². The maximum atomic E-state index is 13.1. The third kappa shape index (κ3) is 4.36. The van der Waals surface area contributed by atoms with E-state index in [1.165, 1.54) is 11.3 Å². The van der Waals surface area contributed by atoms with Gasteiger partial charge < -0.3 is 0 Å². The third-order valence-corrected chi connectivity index (χ3v) is 5.95. The first kappa shape index (κ1) is 19.3. The van der Waals surface area contributed by atoms with Crippen LogP contribution in [0.1, 0.15) is 16.8 Å². The van der Waals surface area contributed by atoms with Gasteiger partial charge in [-0.1, -0.05) is 59.3 Å². The molecule has 0 atom stereocenters. The first-order valence-electron chi connectivity index (χ1n) is 9.12. The number of hydrogen-bond donors (Lipinski definition) is 0. The van der Waals surface area contributed by atoms with Crippen molar-refractivity contribution in [3.63, 3.8) is 0 Å². The highest BCUT2D eigenvalue weighted by Crippen LogP contribution is 2.34. The number of anilines is 1. The Hall–Kier alpha value is -3.02. The molecule has 29 heavy (non-hydrogen) atoms. The van der Waals surface area contributed by atoms with Gasteiger partial charge in [0.2, 0.25) is 0 Å². The smallest absolute Gasteiger partial charge is 0.253 e. The first-order valence-corrected chi connectivity index (χ1v) is 10.3. The molecule has 4 rings (SSSR count). The molecule has 4 aromatic rings. The van der Waals surface area contributed by atoms with Crippen LogP contribution in [0.3, 0.4) is 0 Å². The fourth-order valence-corrected chi connectivity index (χ4v) is 4.10. The van der Waals surface area contributed by atoms with E-state index in [0.29, 0.717) is 16.7 Å². The molecule has 1 amide bonds. The Morgan fingerprint density at radius 3 is 2.66 bits per heavy atom. The number of hydrogen-bond acceptors (Lipinski definition) is 4. The van der Waals surface area contributed by atoms with Gasteiger partial charge in [-0.2, -0.15) is 0 Å². The van der Waals surface area contributed by atoms with Gasteiger partial charge in [-0.15, -0.1) is 0 Å². The summed E-state index contributed by atoms with van der Waals surface area (Å²) in [5, 5.41) is 1.29. The second-order valence-corrected chi connectivity index (χ2v) is 7.92. The molecule has 0 unspecified atom stereocenters. The van der Waals surface area contributed by atoms with Crippen molar-refractivity contribution in [2.45, 2.75) is 13.5 Å². The van der Waals surface area contributed by atoms with Crippen LogP contribution < -0.4 is 4.90 Å². The summed E-state index contributed by atoms with van der Waals surface area (Å²) in [6.07, 6.45) is 5.10. The summed E-state index contributed by atoms with van der Waals surface area (Å²) in [4.78, 5) is 23.8. The molecule has 0 saturated heterocycles. The maximum Gasteiger partial charge on any atom is 0.253 e. The number of halogens is 1. The largest absolute Gasteiger partial charge is 0.278 e. The monoisotopic (exact) mass is 419 g/mol. The number of carbonyl (C=O) groups is 1. The highest BCUT2D eigenvalue weighted by molar-refractivity contribution is 7.22. The van der Waals surface area contributed by atoms with Crippen LogP contribution in [0.25, 0.3) is 16.3 Å². The topological polar surface area (TPSA) is 46.1 Å². The zero-order chi connectivity index (χ0) is 20.2. The number of rotatable bonds is 5. The van der Waals surface area contributed by atoms with Crippen LogP contribution in [0.2, 0.25) is 5.02 Å². The fourth-order valence-electron chi connectivity index (χ4n) is 2.92. The van der Waals surface area contributed by atoms with E-state index in [-0.39, 0.29) is 5.91 Å². The quantitative estimate of drug-likeness (QED) is 0.378. The van der Waals surface area contributed by atoms with Crippen molar-refractivity contribution in [3.8, 4) is 0 Å². The average molecular weight is 420 g/mol. The molecule has 0 fully saturated rings. The number of aromatic nitrogens is 2. The van der Waals surface area contributed by atoms with Gasteiger partial charge in [0, 0.05) is 17.3 Å². The van der Waals surface area contributed by atoms with Gasteiger partial charge in [0.15, 0.2) is 5.13 Å². The summed E-state index contributed by atoms with van der Waals surface area (Å²) in [6.45, 7) is 2.28. The van der Waals surface area contributed by atoms with E-state index < -0.39 is 0 Å². The summed E-state index contributed by atoms with van der Waals surface area (Å²) in [7, 11) is 0. The Morgan fingerprint density at radius 1 is 1.10 bits per heavy atom. The maximum absolute atomic E-state index is 13.1. The molecule has 144 valence electrons. The van der Waals surface area contributed by atoms with Crippen molar-refractivity contribution in [3.05, 3.63) is 94.8 Å². The minimum absolute atomic E-state index is 0.151. The molecule has 0 aliphatic carbocycles. The van der Waals surface area contributed by atoms with Crippen LogP contribution in [0.15, 0.2) is 72.9 Å². The van der Waals surface area contributed by atoms with Gasteiger partial charge in [-0.25, -0.2) is 4.98 Å². The summed E-state index contributed by atoms with van der Waals surface area (Å²) in [5.41, 5.74) is 3.49. The van der Waals surface area contributed by atoms with Gasteiger partial charge in [-0.05, 0) is 48.4 Å². The van der Waals surface area contributed by atoms with Crippen molar-refractivity contribution < 1.29 is 4.79 Å². The Morgan fingerprint density at radius 2 is 1.90 bits per heavy atom. The fraction of sp³-hybridized carbons (Fsp3) is 0.0870. The number of thiazole rings is 1. The molecule has 4 nitrogen and oxygen atoms in total. The van der Waals surface area contributed by atoms with Crippen molar-refractivity contribution in [1.82, 2.24) is 9.97 Å². The zero-order valence-electron chi connectivity index (χ0n) is 15.7. The van der Waals surface area contributed by atoms with Gasteiger partial charge in [0.05, 0.1) is 22.5 Å². The van der Waals surface area contributed by atoms with E-state index in [9.17, 15) is 4.79 Å². The molecular formula is C23H18ClN3OS. The van der Waals surface area contributed by atoms with Crippen LogP contribution in [-0.4, -0.2) is 15.9 Å². The second kappa shape index (κ2) is 8.55. The minimum atomic E-state index is -0.151. The number of fused-ring (bicyclic) bond motifs is 1. The Balaban J connectivity index is 1.71. The van der Waals surface area contributed by atoms with E-state index in [1.807, 2.05) is 73.7 Å². The second-order valence-electron chi connectivity index (χ2n) is 6.51. The van der Waals surface area contributed by atoms with Crippen LogP contribution in [0, 0.1) is 6.92 Å². The van der Waals surface area contributed by atoms with Gasteiger partial charge >= 0.3 is 0 Å². The minimum Gasteiger partial charge on any atom is -0.278 e. The Bertz CT molecular complexity index is 1170. The summed E-state index contributed by atoms with van der Waals surface area (Å²) in [6, 6.07) is 19.2. The first-order chi connectivity index (χ1) is 14.1. The predicted octanol–water partition coefficient (Wildman–Crippen LogP) is 5.90. The highest BCUT2D eigenvalue weighted by Gasteiger charge is 2.20. The van der Waals surface area contributed by atoms with E-state index in [4.69, 9.17) is 16.6 Å². The Kier molecular flexibility index (Phi) is 5.69. The van der Waals surface area contributed by atoms with Gasteiger partial charge in [-0.3, -0.25) is 14.7 Å². The molecule has 2 heterocycles. The van der Waals surface area contributed by atoms with E-state index >= 15 is 0 Å². The van der Waals surface area contributed by atoms with Crippen LogP contribution in [0.4, 0.5) is 5.13 Å². The molecule has 0 aliphatic rings. The van der Waals surface area contributed by atoms with Crippen LogP contribution in [-0.2, 0) is 11.3 Å². The number of pyridine rings is 1. The van der Waals surface area contributed by atoms with Crippen LogP contribution in [0.5, 0.6) is 0 Å². The molecule has 2 aromatic heterocycles. The number of carbonyl (C=O) groups excluding carboxylic acids is 1. The van der Waals surface area contributed by atoms with E-state index in [2.05, 4.69) is 4.98 Å². The summed E-state index contributed by atoms with van der Waals surface area (Å²) in [5.74, 6) is -0.151. The lowest BCUT2D eigenvalue weighted by molar-refractivity contribution is -0.114. The lowest BCUT2D eigenvalue weighted by Gasteiger charge is -2.17. The van der Waals surface area contributed by atoms with Crippen molar-refractivity contribution in [2.75, 3.05) is 4.90 Å². The number of amides is 1. The molecule has 0 saturated carbocycles. The molecular weight excluding hydrogens is 402 g/mol. The molecule has 0 bridgehead atoms. The van der Waals surface area contributed by atoms with Gasteiger partial charge in [0.1, 0.15) is 0 Å². The molecule has 2 aromatic carbocycles. The van der Waals surface area contributed by atoms with Crippen molar-refractivity contribution in [2.24, 2.45) is 0 Å². The molecule has 6 heteroatoms. The molecule has 0 spiro atoms. The number of aryl methyl sites for hydroxylation is 1. The SMILES string of the molecule is Cc1c(Cl)ccc2sc(N(Cc3ccccn3)C(=O)/C=C/c3ccccc3)nc12. The highest BCUT2D eigenvalue weighted by atomic mass is 35.5. The average Bonchev–Trinajstić information content (AvgIpc) is 3.19. The lowest BCUT2D eigenvalue weighted by atomic mass is 10.2. The summed E-state index contributed by atoms with van der Waals surface area (Å²) >= 11 is 7.72. The lowest BCUT2D eigenvalue weighted by Crippen LogP contribution is -2.29. The molecule has 0 radical (unpaired) electrons. The van der Waals surface area contributed by atoms with Gasteiger partial charge in [0.25, 0.3) is 5.91 Å². The molecule has 0 N–H and O–H groups in total. The predicted molar refractivity (Wildman–Crippen MR) is 120 cm³/mol. The number of benzene rings is 2. The van der Waals surface area contributed by atoms with E-state index in [0.717, 1.165) is 27.0 Å². The normalized spacial score (nSPS) is 11.2.